The van der Waals surface area contributed by atoms with Crippen LogP contribution in [0.4, 0.5) is 5.82 Å². The Kier molecular flexibility index (Phi) is 5.09. The summed E-state index contributed by atoms with van der Waals surface area (Å²) in [5, 5.41) is 5.63. The molecule has 1 aliphatic rings. The molecule has 2 rings (SSSR count). The molecule has 0 aliphatic heterocycles. The Labute approximate surface area is 113 Å². The number of nitrogens with zero attached hydrogens (tertiary/aromatic N) is 2. The highest BCUT2D eigenvalue weighted by atomic mass is 16.5. The SMILES string of the molecule is CNc1cncc(C(=O)NCCOC2CCCC2)n1. The first-order valence-electron chi connectivity index (χ1n) is 6.69. The fourth-order valence-electron chi connectivity index (χ4n) is 2.13. The third-order valence-electron chi connectivity index (χ3n) is 3.17. The minimum absolute atomic E-state index is 0.223. The zero-order chi connectivity index (χ0) is 13.5. The highest BCUT2D eigenvalue weighted by Gasteiger charge is 2.15. The summed E-state index contributed by atoms with van der Waals surface area (Å²) in [6, 6.07) is 0. The van der Waals surface area contributed by atoms with Crippen LogP contribution in [-0.4, -0.2) is 42.2 Å². The monoisotopic (exact) mass is 264 g/mol. The quantitative estimate of drug-likeness (QED) is 0.755. The molecule has 1 aliphatic carbocycles. The van der Waals surface area contributed by atoms with Crippen LogP contribution >= 0.6 is 0 Å². The van der Waals surface area contributed by atoms with Crippen LogP contribution < -0.4 is 10.6 Å². The number of carbonyl (C=O) groups is 1. The van der Waals surface area contributed by atoms with E-state index in [1.54, 1.807) is 13.2 Å². The maximum Gasteiger partial charge on any atom is 0.271 e. The van der Waals surface area contributed by atoms with E-state index < -0.39 is 0 Å². The van der Waals surface area contributed by atoms with E-state index in [9.17, 15) is 4.79 Å². The molecule has 0 aromatic carbocycles. The van der Waals surface area contributed by atoms with Gasteiger partial charge in [-0.3, -0.25) is 9.78 Å². The van der Waals surface area contributed by atoms with Crippen molar-refractivity contribution in [2.24, 2.45) is 0 Å². The van der Waals surface area contributed by atoms with E-state index in [2.05, 4.69) is 20.6 Å². The zero-order valence-corrected chi connectivity index (χ0v) is 11.2. The standard InChI is InChI=1S/C13H20N4O2/c1-14-12-9-15-8-11(17-12)13(18)16-6-7-19-10-4-2-3-5-10/h8-10H,2-7H2,1H3,(H,14,17)(H,16,18). The Bertz CT molecular complexity index is 419. The molecule has 1 saturated carbocycles. The Morgan fingerprint density at radius 3 is 2.95 bits per heavy atom. The van der Waals surface area contributed by atoms with Gasteiger partial charge in [-0.2, -0.15) is 0 Å². The molecule has 0 atom stereocenters. The van der Waals surface area contributed by atoms with Gasteiger partial charge in [0.05, 0.1) is 25.1 Å². The zero-order valence-electron chi connectivity index (χ0n) is 11.2. The maximum atomic E-state index is 11.8. The van der Waals surface area contributed by atoms with E-state index in [4.69, 9.17) is 4.74 Å². The Morgan fingerprint density at radius 1 is 1.42 bits per heavy atom. The second-order valence-corrected chi connectivity index (χ2v) is 4.57. The Balaban J connectivity index is 1.71. The van der Waals surface area contributed by atoms with Gasteiger partial charge >= 0.3 is 0 Å². The van der Waals surface area contributed by atoms with Crippen LogP contribution in [0.25, 0.3) is 0 Å². The smallest absolute Gasteiger partial charge is 0.271 e. The topological polar surface area (TPSA) is 76.1 Å². The van der Waals surface area contributed by atoms with E-state index in [1.165, 1.54) is 19.0 Å². The maximum absolute atomic E-state index is 11.8. The number of anilines is 1. The lowest BCUT2D eigenvalue weighted by Gasteiger charge is -2.11. The van der Waals surface area contributed by atoms with Crippen molar-refractivity contribution < 1.29 is 9.53 Å². The van der Waals surface area contributed by atoms with Gasteiger partial charge in [-0.15, -0.1) is 0 Å². The Morgan fingerprint density at radius 2 is 2.21 bits per heavy atom. The molecule has 0 unspecified atom stereocenters. The van der Waals surface area contributed by atoms with Gasteiger partial charge in [-0.05, 0) is 12.8 Å². The first-order valence-corrected chi connectivity index (χ1v) is 6.69. The number of ether oxygens (including phenoxy) is 1. The van der Waals surface area contributed by atoms with Crippen LogP contribution in [0.5, 0.6) is 0 Å². The summed E-state index contributed by atoms with van der Waals surface area (Å²) in [6.45, 7) is 1.05. The molecule has 6 nitrogen and oxygen atoms in total. The van der Waals surface area contributed by atoms with E-state index in [1.807, 2.05) is 0 Å². The first kappa shape index (κ1) is 13.7. The molecule has 1 heterocycles. The lowest BCUT2D eigenvalue weighted by Crippen LogP contribution is -2.29. The number of hydrogen-bond acceptors (Lipinski definition) is 5. The van der Waals surface area contributed by atoms with Gasteiger partial charge in [0.2, 0.25) is 0 Å². The van der Waals surface area contributed by atoms with Gasteiger partial charge in [-0.25, -0.2) is 4.98 Å². The van der Waals surface area contributed by atoms with Gasteiger partial charge in [0.15, 0.2) is 0 Å². The fraction of sp³-hybridized carbons (Fsp3) is 0.615. The molecule has 1 fully saturated rings. The predicted octanol–water partition coefficient (Wildman–Crippen LogP) is 1.21. The normalized spacial score (nSPS) is 15.4. The molecule has 0 bridgehead atoms. The van der Waals surface area contributed by atoms with Crippen molar-refractivity contribution in [1.29, 1.82) is 0 Å². The predicted molar refractivity (Wildman–Crippen MR) is 72.1 cm³/mol. The fourth-order valence-corrected chi connectivity index (χ4v) is 2.13. The van der Waals surface area contributed by atoms with Crippen molar-refractivity contribution in [2.45, 2.75) is 31.8 Å². The van der Waals surface area contributed by atoms with Crippen molar-refractivity contribution in [3.8, 4) is 0 Å². The summed E-state index contributed by atoms with van der Waals surface area (Å²) in [7, 11) is 1.74. The second-order valence-electron chi connectivity index (χ2n) is 4.57. The molecule has 6 heteroatoms. The molecule has 1 amide bonds. The number of hydrogen-bond donors (Lipinski definition) is 2. The molecule has 1 aromatic heterocycles. The van der Waals surface area contributed by atoms with E-state index >= 15 is 0 Å². The van der Waals surface area contributed by atoms with Crippen molar-refractivity contribution in [3.05, 3.63) is 18.1 Å². The molecule has 0 radical (unpaired) electrons. The average Bonchev–Trinajstić information content (AvgIpc) is 2.96. The van der Waals surface area contributed by atoms with Crippen LogP contribution in [0, 0.1) is 0 Å². The molecular weight excluding hydrogens is 244 g/mol. The number of nitrogens with one attached hydrogen (secondary N) is 2. The van der Waals surface area contributed by atoms with Crippen LogP contribution in [0.2, 0.25) is 0 Å². The van der Waals surface area contributed by atoms with Crippen LogP contribution in [0.3, 0.4) is 0 Å². The largest absolute Gasteiger partial charge is 0.376 e. The third kappa shape index (κ3) is 4.17. The molecule has 0 saturated heterocycles. The van der Waals surface area contributed by atoms with Crippen molar-refractivity contribution in [3.63, 3.8) is 0 Å². The Hall–Kier alpha value is -1.69. The summed E-state index contributed by atoms with van der Waals surface area (Å²) in [5.74, 6) is 0.356. The van der Waals surface area contributed by atoms with Gasteiger partial charge in [-0.1, -0.05) is 12.8 Å². The van der Waals surface area contributed by atoms with Crippen molar-refractivity contribution in [2.75, 3.05) is 25.5 Å². The van der Waals surface area contributed by atoms with Gasteiger partial charge in [0, 0.05) is 13.6 Å². The molecule has 19 heavy (non-hydrogen) atoms. The summed E-state index contributed by atoms with van der Waals surface area (Å²) in [4.78, 5) is 19.9. The number of rotatable bonds is 6. The van der Waals surface area contributed by atoms with Crippen molar-refractivity contribution in [1.82, 2.24) is 15.3 Å². The molecule has 0 spiro atoms. The highest BCUT2D eigenvalue weighted by Crippen LogP contribution is 2.20. The van der Waals surface area contributed by atoms with Crippen LogP contribution in [-0.2, 0) is 4.74 Å². The number of aromatic nitrogens is 2. The van der Waals surface area contributed by atoms with E-state index in [0.717, 1.165) is 12.8 Å². The van der Waals surface area contributed by atoms with Crippen LogP contribution in [0.15, 0.2) is 12.4 Å². The van der Waals surface area contributed by atoms with Gasteiger partial charge in [0.1, 0.15) is 11.5 Å². The summed E-state index contributed by atoms with van der Waals surface area (Å²) < 4.78 is 5.67. The highest BCUT2D eigenvalue weighted by molar-refractivity contribution is 5.92. The lowest BCUT2D eigenvalue weighted by molar-refractivity contribution is 0.0581. The van der Waals surface area contributed by atoms with Crippen molar-refractivity contribution >= 4 is 11.7 Å². The minimum Gasteiger partial charge on any atom is -0.376 e. The molecular formula is C13H20N4O2. The molecule has 2 N–H and O–H groups in total. The molecule has 104 valence electrons. The van der Waals surface area contributed by atoms with E-state index in [0.29, 0.717) is 30.8 Å². The summed E-state index contributed by atoms with van der Waals surface area (Å²) in [5.41, 5.74) is 0.313. The summed E-state index contributed by atoms with van der Waals surface area (Å²) >= 11 is 0. The molecule has 1 aromatic rings. The second kappa shape index (κ2) is 7.04. The summed E-state index contributed by atoms with van der Waals surface area (Å²) in [6.07, 6.45) is 8.19. The third-order valence-corrected chi connectivity index (χ3v) is 3.17. The van der Waals surface area contributed by atoms with E-state index in [-0.39, 0.29) is 5.91 Å². The number of carbonyl (C=O) groups excluding carboxylic acids is 1. The van der Waals surface area contributed by atoms with Crippen LogP contribution in [0.1, 0.15) is 36.2 Å². The average molecular weight is 264 g/mol. The first-order chi connectivity index (χ1) is 9.29. The minimum atomic E-state index is -0.223. The van der Waals surface area contributed by atoms with Gasteiger partial charge in [0.25, 0.3) is 5.91 Å². The lowest BCUT2D eigenvalue weighted by atomic mass is 10.3. The van der Waals surface area contributed by atoms with Gasteiger partial charge < -0.3 is 15.4 Å². The number of amides is 1.